The fourth-order valence-electron chi connectivity index (χ4n) is 1.07. The van der Waals surface area contributed by atoms with E-state index in [4.69, 9.17) is 0 Å². The maximum absolute atomic E-state index is 13.1. The molecule has 3 heteroatoms. The lowest BCUT2D eigenvalue weighted by atomic mass is 10.1. The fourth-order valence-corrected chi connectivity index (χ4v) is 1.56. The molecule has 0 aliphatic heterocycles. The van der Waals surface area contributed by atoms with E-state index >= 15 is 0 Å². The summed E-state index contributed by atoms with van der Waals surface area (Å²) >= 11 is 2.06. The smallest absolute Gasteiger partial charge is 0.165 e. The van der Waals surface area contributed by atoms with E-state index in [9.17, 15) is 9.18 Å². The van der Waals surface area contributed by atoms with Gasteiger partial charge in [-0.1, -0.05) is 6.92 Å². The third-order valence-electron chi connectivity index (χ3n) is 1.71. The average Bonchev–Trinajstić information content (AvgIpc) is 2.09. The fraction of sp³-hybridized carbons (Fsp3) is 0.300. The summed E-state index contributed by atoms with van der Waals surface area (Å²) in [6.45, 7) is 1.91. The molecule has 0 spiro atoms. The molecule has 70 valence electrons. The first-order chi connectivity index (χ1) is 6.15. The van der Waals surface area contributed by atoms with Crippen LogP contribution in [0, 0.1) is 9.39 Å². The highest BCUT2D eigenvalue weighted by molar-refractivity contribution is 14.1. The van der Waals surface area contributed by atoms with Gasteiger partial charge >= 0.3 is 0 Å². The van der Waals surface area contributed by atoms with Gasteiger partial charge in [0.15, 0.2) is 5.78 Å². The molecule has 1 nitrogen and oxygen atoms in total. The van der Waals surface area contributed by atoms with Gasteiger partial charge in [0.1, 0.15) is 5.82 Å². The number of Topliss-reactive ketones (excluding diaryl/α,β-unsaturated/α-hetero) is 1. The van der Waals surface area contributed by atoms with Crippen LogP contribution < -0.4 is 0 Å². The van der Waals surface area contributed by atoms with Crippen molar-refractivity contribution < 1.29 is 9.18 Å². The van der Waals surface area contributed by atoms with E-state index < -0.39 is 5.82 Å². The number of carbonyl (C=O) groups excluding carboxylic acids is 1. The second kappa shape index (κ2) is 4.69. The molecule has 0 saturated heterocycles. The molecular formula is C10H10FIO. The molecule has 1 aromatic rings. The van der Waals surface area contributed by atoms with Crippen LogP contribution in [0.4, 0.5) is 4.39 Å². The molecule has 1 aromatic carbocycles. The molecule has 13 heavy (non-hydrogen) atoms. The highest BCUT2D eigenvalue weighted by atomic mass is 127. The molecule has 0 N–H and O–H groups in total. The van der Waals surface area contributed by atoms with Gasteiger partial charge in [-0.2, -0.15) is 0 Å². The lowest BCUT2D eigenvalue weighted by molar-refractivity contribution is 0.0978. The summed E-state index contributed by atoms with van der Waals surface area (Å²) in [7, 11) is 0. The van der Waals surface area contributed by atoms with Gasteiger partial charge in [0.25, 0.3) is 0 Å². The molecule has 0 radical (unpaired) electrons. The molecular weight excluding hydrogens is 282 g/mol. The van der Waals surface area contributed by atoms with Crippen molar-refractivity contribution in [1.82, 2.24) is 0 Å². The van der Waals surface area contributed by atoms with Crippen LogP contribution in [0.15, 0.2) is 18.2 Å². The van der Waals surface area contributed by atoms with E-state index in [1.165, 1.54) is 6.07 Å². The number of halogens is 2. The number of carbonyl (C=O) groups is 1. The normalized spacial score (nSPS) is 10.1. The third-order valence-corrected chi connectivity index (χ3v) is 2.38. The second-order valence-electron chi connectivity index (χ2n) is 2.80. The van der Waals surface area contributed by atoms with Gasteiger partial charge in [-0.05, 0) is 47.2 Å². The van der Waals surface area contributed by atoms with Crippen LogP contribution in [0.25, 0.3) is 0 Å². The standard InChI is InChI=1S/C10H10FIO/c1-2-3-10(13)8-6-7(12)4-5-9(8)11/h4-6H,2-3H2,1H3. The third kappa shape index (κ3) is 2.76. The average molecular weight is 292 g/mol. The molecule has 0 bridgehead atoms. The van der Waals surface area contributed by atoms with E-state index in [1.54, 1.807) is 12.1 Å². The predicted molar refractivity (Wildman–Crippen MR) is 58.4 cm³/mol. The molecule has 0 amide bonds. The Hall–Kier alpha value is -0.450. The Kier molecular flexibility index (Phi) is 3.84. The lowest BCUT2D eigenvalue weighted by Crippen LogP contribution is -2.01. The number of hydrogen-bond donors (Lipinski definition) is 0. The SMILES string of the molecule is CCCC(=O)c1cc(I)ccc1F. The van der Waals surface area contributed by atoms with Crippen molar-refractivity contribution in [3.63, 3.8) is 0 Å². The second-order valence-corrected chi connectivity index (χ2v) is 4.04. The molecule has 0 heterocycles. The summed E-state index contributed by atoms with van der Waals surface area (Å²) in [5, 5.41) is 0. The molecule has 0 aliphatic carbocycles. The lowest BCUT2D eigenvalue weighted by Gasteiger charge is -2.01. The topological polar surface area (TPSA) is 17.1 Å². The number of benzene rings is 1. The van der Waals surface area contributed by atoms with E-state index in [0.29, 0.717) is 6.42 Å². The van der Waals surface area contributed by atoms with Crippen molar-refractivity contribution in [3.8, 4) is 0 Å². The summed E-state index contributed by atoms with van der Waals surface area (Å²) in [5.41, 5.74) is 0.216. The van der Waals surface area contributed by atoms with Crippen LogP contribution in [0.3, 0.4) is 0 Å². The Labute approximate surface area is 90.5 Å². The van der Waals surface area contributed by atoms with Gasteiger partial charge in [-0.3, -0.25) is 4.79 Å². The summed E-state index contributed by atoms with van der Waals surface area (Å²) in [6, 6.07) is 4.58. The monoisotopic (exact) mass is 292 g/mol. The van der Waals surface area contributed by atoms with Crippen LogP contribution in [0.1, 0.15) is 30.1 Å². The Morgan fingerprint density at radius 3 is 2.85 bits per heavy atom. The molecule has 1 rings (SSSR count). The van der Waals surface area contributed by atoms with Gasteiger partial charge in [-0.25, -0.2) is 4.39 Å². The van der Waals surface area contributed by atoms with Crippen LogP contribution in [0.2, 0.25) is 0 Å². The first-order valence-electron chi connectivity index (χ1n) is 4.13. The van der Waals surface area contributed by atoms with E-state index in [-0.39, 0.29) is 11.3 Å². The van der Waals surface area contributed by atoms with Crippen LogP contribution >= 0.6 is 22.6 Å². The summed E-state index contributed by atoms with van der Waals surface area (Å²) in [6.07, 6.45) is 1.17. The molecule has 0 fully saturated rings. The minimum atomic E-state index is -0.418. The first kappa shape index (κ1) is 10.6. The van der Waals surface area contributed by atoms with E-state index in [0.717, 1.165) is 9.99 Å². The Morgan fingerprint density at radius 2 is 2.23 bits per heavy atom. The van der Waals surface area contributed by atoms with Gasteiger partial charge in [0.05, 0.1) is 5.56 Å². The zero-order valence-corrected chi connectivity index (χ0v) is 9.47. The Bertz CT molecular complexity index is 323. The zero-order chi connectivity index (χ0) is 9.84. The number of ketones is 1. The first-order valence-corrected chi connectivity index (χ1v) is 5.21. The highest BCUT2D eigenvalue weighted by Crippen LogP contribution is 2.14. The van der Waals surface area contributed by atoms with Crippen molar-refractivity contribution in [2.45, 2.75) is 19.8 Å². The molecule has 0 unspecified atom stereocenters. The molecule has 0 saturated carbocycles. The van der Waals surface area contributed by atoms with E-state index in [1.807, 2.05) is 6.92 Å². The van der Waals surface area contributed by atoms with E-state index in [2.05, 4.69) is 22.6 Å². The van der Waals surface area contributed by atoms with Crippen molar-refractivity contribution in [2.24, 2.45) is 0 Å². The van der Waals surface area contributed by atoms with Crippen LogP contribution in [0.5, 0.6) is 0 Å². The quantitative estimate of drug-likeness (QED) is 0.616. The maximum Gasteiger partial charge on any atom is 0.165 e. The van der Waals surface area contributed by atoms with Crippen LogP contribution in [-0.4, -0.2) is 5.78 Å². The number of hydrogen-bond acceptors (Lipinski definition) is 1. The molecule has 0 aliphatic rings. The maximum atomic E-state index is 13.1. The van der Waals surface area contributed by atoms with Crippen molar-refractivity contribution in [2.75, 3.05) is 0 Å². The predicted octanol–water partition coefficient (Wildman–Crippen LogP) is 3.41. The highest BCUT2D eigenvalue weighted by Gasteiger charge is 2.10. The summed E-state index contributed by atoms with van der Waals surface area (Å²) in [5.74, 6) is -0.530. The van der Waals surface area contributed by atoms with Crippen LogP contribution in [-0.2, 0) is 0 Å². The van der Waals surface area contributed by atoms with Gasteiger partial charge in [0, 0.05) is 9.99 Å². The van der Waals surface area contributed by atoms with Crippen molar-refractivity contribution >= 4 is 28.4 Å². The van der Waals surface area contributed by atoms with Crippen molar-refractivity contribution in [3.05, 3.63) is 33.1 Å². The minimum absolute atomic E-state index is 0.112. The Morgan fingerprint density at radius 1 is 1.54 bits per heavy atom. The molecule has 0 atom stereocenters. The minimum Gasteiger partial charge on any atom is -0.294 e. The summed E-state index contributed by atoms with van der Waals surface area (Å²) in [4.78, 5) is 11.4. The van der Waals surface area contributed by atoms with Gasteiger partial charge in [0.2, 0.25) is 0 Å². The number of rotatable bonds is 3. The van der Waals surface area contributed by atoms with Gasteiger partial charge < -0.3 is 0 Å². The van der Waals surface area contributed by atoms with Gasteiger partial charge in [-0.15, -0.1) is 0 Å². The Balaban J connectivity index is 2.99. The molecule has 0 aromatic heterocycles. The zero-order valence-electron chi connectivity index (χ0n) is 7.31. The van der Waals surface area contributed by atoms with Crippen molar-refractivity contribution in [1.29, 1.82) is 0 Å². The largest absolute Gasteiger partial charge is 0.294 e. The summed E-state index contributed by atoms with van der Waals surface area (Å²) < 4.78 is 14.0.